The van der Waals surface area contributed by atoms with E-state index < -0.39 is 11.9 Å². The van der Waals surface area contributed by atoms with Gasteiger partial charge in [0.1, 0.15) is 5.82 Å². The summed E-state index contributed by atoms with van der Waals surface area (Å²) in [5.74, 6) is -0.782. The third-order valence-corrected chi connectivity index (χ3v) is 2.61. The van der Waals surface area contributed by atoms with Crippen LogP contribution in [0.1, 0.15) is 17.3 Å². The SMILES string of the molecule is CC(O)CNCCNC(=O)c1cc(F)cc(Br)c1. The predicted octanol–water partition coefficient (Wildman–Crippen LogP) is 1.29. The molecular weight excluding hydrogens is 303 g/mol. The number of carbonyl (C=O) groups excluding carboxylic acids is 1. The Morgan fingerprint density at radius 3 is 2.78 bits per heavy atom. The lowest BCUT2D eigenvalue weighted by atomic mass is 10.2. The fraction of sp³-hybridized carbons (Fsp3) is 0.417. The first-order valence-electron chi connectivity index (χ1n) is 5.62. The highest BCUT2D eigenvalue weighted by atomic mass is 79.9. The van der Waals surface area contributed by atoms with E-state index in [4.69, 9.17) is 5.11 Å². The van der Waals surface area contributed by atoms with E-state index in [2.05, 4.69) is 26.6 Å². The van der Waals surface area contributed by atoms with Crippen LogP contribution < -0.4 is 10.6 Å². The van der Waals surface area contributed by atoms with Gasteiger partial charge in [-0.2, -0.15) is 0 Å². The van der Waals surface area contributed by atoms with Crippen LogP contribution in [-0.4, -0.2) is 36.8 Å². The summed E-state index contributed by atoms with van der Waals surface area (Å²) in [6.07, 6.45) is -0.417. The number of hydrogen-bond acceptors (Lipinski definition) is 3. The van der Waals surface area contributed by atoms with Crippen LogP contribution in [0.5, 0.6) is 0 Å². The van der Waals surface area contributed by atoms with Gasteiger partial charge in [0, 0.05) is 29.7 Å². The highest BCUT2D eigenvalue weighted by Crippen LogP contribution is 2.14. The highest BCUT2D eigenvalue weighted by molar-refractivity contribution is 9.10. The molecule has 1 aromatic carbocycles. The number of rotatable bonds is 6. The number of amides is 1. The van der Waals surface area contributed by atoms with Crippen molar-refractivity contribution in [3.05, 3.63) is 34.1 Å². The monoisotopic (exact) mass is 318 g/mol. The smallest absolute Gasteiger partial charge is 0.251 e. The molecule has 1 aromatic rings. The molecule has 100 valence electrons. The molecule has 1 amide bonds. The van der Waals surface area contributed by atoms with Crippen LogP contribution in [0.2, 0.25) is 0 Å². The molecule has 0 spiro atoms. The van der Waals surface area contributed by atoms with E-state index >= 15 is 0 Å². The first-order chi connectivity index (χ1) is 8.49. The first kappa shape index (κ1) is 15.1. The summed E-state index contributed by atoms with van der Waals surface area (Å²) in [5, 5.41) is 14.6. The summed E-state index contributed by atoms with van der Waals surface area (Å²) in [7, 11) is 0. The van der Waals surface area contributed by atoms with Crippen LogP contribution in [0.15, 0.2) is 22.7 Å². The molecule has 0 heterocycles. The van der Waals surface area contributed by atoms with Crippen LogP contribution in [0.3, 0.4) is 0 Å². The number of hydrogen-bond donors (Lipinski definition) is 3. The molecule has 0 saturated carbocycles. The van der Waals surface area contributed by atoms with Crippen molar-refractivity contribution in [1.82, 2.24) is 10.6 Å². The molecule has 0 bridgehead atoms. The lowest BCUT2D eigenvalue weighted by molar-refractivity contribution is 0.0953. The Kier molecular flexibility index (Phi) is 6.24. The zero-order valence-electron chi connectivity index (χ0n) is 10.0. The molecule has 0 radical (unpaired) electrons. The standard InChI is InChI=1S/C12H16BrFN2O2/c1-8(17)7-15-2-3-16-12(18)9-4-10(13)6-11(14)5-9/h4-6,8,15,17H,2-3,7H2,1H3,(H,16,18). The molecule has 1 unspecified atom stereocenters. The van der Waals surface area contributed by atoms with E-state index in [9.17, 15) is 9.18 Å². The minimum absolute atomic E-state index is 0.275. The molecule has 3 N–H and O–H groups in total. The molecule has 0 aliphatic carbocycles. The summed E-state index contributed by atoms with van der Waals surface area (Å²) in [6.45, 7) is 3.12. The number of nitrogens with one attached hydrogen (secondary N) is 2. The van der Waals surface area contributed by atoms with Crippen molar-refractivity contribution in [2.75, 3.05) is 19.6 Å². The van der Waals surface area contributed by atoms with Gasteiger partial charge < -0.3 is 15.7 Å². The summed E-state index contributed by atoms with van der Waals surface area (Å²) >= 11 is 3.13. The molecule has 0 aliphatic heterocycles. The fourth-order valence-corrected chi connectivity index (χ4v) is 1.83. The Bertz CT molecular complexity index is 393. The van der Waals surface area contributed by atoms with Crippen LogP contribution >= 0.6 is 15.9 Å². The zero-order chi connectivity index (χ0) is 13.5. The van der Waals surface area contributed by atoms with E-state index in [-0.39, 0.29) is 11.5 Å². The van der Waals surface area contributed by atoms with Gasteiger partial charge in [-0.25, -0.2) is 4.39 Å². The lowest BCUT2D eigenvalue weighted by Gasteiger charge is -2.08. The van der Waals surface area contributed by atoms with Crippen molar-refractivity contribution in [2.24, 2.45) is 0 Å². The second-order valence-corrected chi connectivity index (χ2v) is 4.88. The van der Waals surface area contributed by atoms with Crippen LogP contribution in [-0.2, 0) is 0 Å². The van der Waals surface area contributed by atoms with Crippen molar-refractivity contribution >= 4 is 21.8 Å². The van der Waals surface area contributed by atoms with Crippen molar-refractivity contribution < 1.29 is 14.3 Å². The maximum atomic E-state index is 13.1. The van der Waals surface area contributed by atoms with E-state index in [0.717, 1.165) is 0 Å². The predicted molar refractivity (Wildman–Crippen MR) is 71.0 cm³/mol. The summed E-state index contributed by atoms with van der Waals surface area (Å²) in [4.78, 5) is 11.7. The van der Waals surface area contributed by atoms with Crippen molar-refractivity contribution in [1.29, 1.82) is 0 Å². The number of halogens is 2. The van der Waals surface area contributed by atoms with Crippen LogP contribution in [0, 0.1) is 5.82 Å². The fourth-order valence-electron chi connectivity index (χ4n) is 1.36. The van der Waals surface area contributed by atoms with Crippen molar-refractivity contribution in [2.45, 2.75) is 13.0 Å². The van der Waals surface area contributed by atoms with Crippen molar-refractivity contribution in [3.63, 3.8) is 0 Å². The minimum atomic E-state index is -0.457. The molecular formula is C12H16BrFN2O2. The van der Waals surface area contributed by atoms with E-state index in [0.29, 0.717) is 24.1 Å². The van der Waals surface area contributed by atoms with Gasteiger partial charge in [-0.05, 0) is 25.1 Å². The number of aliphatic hydroxyl groups is 1. The van der Waals surface area contributed by atoms with Crippen LogP contribution in [0.25, 0.3) is 0 Å². The van der Waals surface area contributed by atoms with Gasteiger partial charge in [0.2, 0.25) is 0 Å². The average Bonchev–Trinajstić information content (AvgIpc) is 2.26. The molecule has 4 nitrogen and oxygen atoms in total. The largest absolute Gasteiger partial charge is 0.392 e. The van der Waals surface area contributed by atoms with Crippen LogP contribution in [0.4, 0.5) is 4.39 Å². The van der Waals surface area contributed by atoms with E-state index in [1.807, 2.05) is 0 Å². The van der Waals surface area contributed by atoms with Gasteiger partial charge in [-0.1, -0.05) is 15.9 Å². The van der Waals surface area contributed by atoms with Gasteiger partial charge in [0.15, 0.2) is 0 Å². The zero-order valence-corrected chi connectivity index (χ0v) is 11.6. The third-order valence-electron chi connectivity index (χ3n) is 2.15. The van der Waals surface area contributed by atoms with E-state index in [1.165, 1.54) is 12.1 Å². The molecule has 0 saturated heterocycles. The number of aliphatic hydroxyl groups excluding tert-OH is 1. The Balaban J connectivity index is 2.36. The maximum absolute atomic E-state index is 13.1. The van der Waals surface area contributed by atoms with Gasteiger partial charge in [-0.15, -0.1) is 0 Å². The molecule has 0 aliphatic rings. The van der Waals surface area contributed by atoms with E-state index in [1.54, 1.807) is 13.0 Å². The van der Waals surface area contributed by atoms with Gasteiger partial charge in [0.25, 0.3) is 5.91 Å². The second-order valence-electron chi connectivity index (χ2n) is 3.97. The summed E-state index contributed by atoms with van der Waals surface area (Å²) < 4.78 is 13.6. The van der Waals surface area contributed by atoms with Gasteiger partial charge in [-0.3, -0.25) is 4.79 Å². The first-order valence-corrected chi connectivity index (χ1v) is 6.41. The van der Waals surface area contributed by atoms with Gasteiger partial charge >= 0.3 is 0 Å². The maximum Gasteiger partial charge on any atom is 0.251 e. The Hall–Kier alpha value is -0.980. The topological polar surface area (TPSA) is 61.4 Å². The average molecular weight is 319 g/mol. The van der Waals surface area contributed by atoms with Crippen molar-refractivity contribution in [3.8, 4) is 0 Å². The number of carbonyl (C=O) groups is 1. The molecule has 18 heavy (non-hydrogen) atoms. The highest BCUT2D eigenvalue weighted by Gasteiger charge is 2.07. The minimum Gasteiger partial charge on any atom is -0.392 e. The molecule has 6 heteroatoms. The normalized spacial score (nSPS) is 12.2. The summed E-state index contributed by atoms with van der Waals surface area (Å²) in [5.41, 5.74) is 0.275. The third kappa shape index (κ3) is 5.57. The Morgan fingerprint density at radius 2 is 2.17 bits per heavy atom. The molecule has 0 aromatic heterocycles. The molecule has 1 atom stereocenters. The number of benzene rings is 1. The molecule has 0 fully saturated rings. The molecule has 1 rings (SSSR count). The summed E-state index contributed by atoms with van der Waals surface area (Å²) in [6, 6.07) is 4.03. The quantitative estimate of drug-likeness (QED) is 0.693. The Labute approximate surface area is 114 Å². The van der Waals surface area contributed by atoms with Gasteiger partial charge in [0.05, 0.1) is 6.10 Å². The lowest BCUT2D eigenvalue weighted by Crippen LogP contribution is -2.34. The second kappa shape index (κ2) is 7.45. The Morgan fingerprint density at radius 1 is 1.44 bits per heavy atom.